The topological polar surface area (TPSA) is 157 Å². The molecule has 0 bridgehead atoms. The molecule has 0 radical (unpaired) electrons. The van der Waals surface area contributed by atoms with Gasteiger partial charge in [0.05, 0.1) is 42.6 Å². The molecule has 0 aromatic heterocycles. The van der Waals surface area contributed by atoms with Crippen molar-refractivity contribution in [3.63, 3.8) is 0 Å². The van der Waals surface area contributed by atoms with Crippen LogP contribution in [0.15, 0.2) is 46.3 Å². The van der Waals surface area contributed by atoms with Gasteiger partial charge in [0.25, 0.3) is 0 Å². The number of Topliss-reactive ketones (excluding diaryl/α,β-unsaturated/α-hetero) is 1. The van der Waals surface area contributed by atoms with Gasteiger partial charge in [0.15, 0.2) is 15.6 Å². The highest BCUT2D eigenvalue weighted by molar-refractivity contribution is 7.91. The highest BCUT2D eigenvalue weighted by atomic mass is 35.5. The molecule has 1 aliphatic heterocycles. The van der Waals surface area contributed by atoms with Gasteiger partial charge in [-0.05, 0) is 30.2 Å². The van der Waals surface area contributed by atoms with Gasteiger partial charge >= 0.3 is 6.09 Å². The number of aliphatic imine (C=N–C) groups is 1. The second kappa shape index (κ2) is 13.2. The maximum Gasteiger partial charge on any atom is 0.413 e. The molecule has 1 heterocycles. The molecular weight excluding hydrogens is 557 g/mol. The fourth-order valence-electron chi connectivity index (χ4n) is 3.57. The molecule has 3 rings (SSSR count). The molecule has 0 spiro atoms. The van der Waals surface area contributed by atoms with Gasteiger partial charge in [-0.25, -0.2) is 13.2 Å². The molecule has 2 amide bonds. The molecule has 0 unspecified atom stereocenters. The Bertz CT molecular complexity index is 1350. The molecule has 1 aliphatic rings. The van der Waals surface area contributed by atoms with Crippen LogP contribution < -0.4 is 16.0 Å². The summed E-state index contributed by atoms with van der Waals surface area (Å²) in [5, 5.41) is 17.6. The van der Waals surface area contributed by atoms with Gasteiger partial charge in [0.2, 0.25) is 5.91 Å². The number of nitrogens with zero attached hydrogens (tertiary/aromatic N) is 2. The third kappa shape index (κ3) is 7.74. The largest absolute Gasteiger partial charge is 0.465 e. The van der Waals surface area contributed by atoms with E-state index >= 15 is 0 Å². The van der Waals surface area contributed by atoms with Crippen molar-refractivity contribution >= 4 is 56.7 Å². The van der Waals surface area contributed by atoms with Crippen LogP contribution in [-0.2, 0) is 26.0 Å². The summed E-state index contributed by atoms with van der Waals surface area (Å²) in [5.74, 6) is -0.896. The van der Waals surface area contributed by atoms with Crippen molar-refractivity contribution in [1.29, 1.82) is 0 Å². The minimum atomic E-state index is -3.80. The van der Waals surface area contributed by atoms with Crippen molar-refractivity contribution in [2.75, 3.05) is 38.6 Å². The smallest absolute Gasteiger partial charge is 0.413 e. The van der Waals surface area contributed by atoms with Crippen LogP contribution in [0.1, 0.15) is 16.7 Å². The van der Waals surface area contributed by atoms with Gasteiger partial charge in [-0.3, -0.25) is 24.8 Å². The molecule has 0 saturated carbocycles. The maximum atomic E-state index is 12.5. The van der Waals surface area contributed by atoms with Crippen molar-refractivity contribution in [2.45, 2.75) is 18.4 Å². The van der Waals surface area contributed by atoms with E-state index in [1.54, 1.807) is 19.1 Å². The second-order valence-corrected chi connectivity index (χ2v) is 11.2. The van der Waals surface area contributed by atoms with Crippen molar-refractivity contribution in [1.82, 2.24) is 20.9 Å². The molecule has 4 N–H and O–H groups in total. The molecule has 38 heavy (non-hydrogen) atoms. The van der Waals surface area contributed by atoms with E-state index in [0.717, 1.165) is 5.56 Å². The average Bonchev–Trinajstić information content (AvgIpc) is 3.37. The van der Waals surface area contributed by atoms with Crippen LogP contribution in [0.5, 0.6) is 0 Å². The van der Waals surface area contributed by atoms with Crippen LogP contribution in [0.25, 0.3) is 0 Å². The highest BCUT2D eigenvalue weighted by Gasteiger charge is 2.24. The summed E-state index contributed by atoms with van der Waals surface area (Å²) >= 11 is 12.0. The number of hydrogen-bond acceptors (Lipinski definition) is 8. The summed E-state index contributed by atoms with van der Waals surface area (Å²) < 4.78 is 25.0. The fourth-order valence-corrected chi connectivity index (χ4v) is 5.53. The zero-order valence-electron chi connectivity index (χ0n) is 20.5. The number of halogens is 2. The van der Waals surface area contributed by atoms with E-state index in [1.807, 2.05) is 12.1 Å². The van der Waals surface area contributed by atoms with Crippen molar-refractivity contribution in [3.05, 3.63) is 63.1 Å². The number of ketones is 1. The summed E-state index contributed by atoms with van der Waals surface area (Å²) in [4.78, 5) is 40.7. The highest BCUT2D eigenvalue weighted by Crippen LogP contribution is 2.30. The molecule has 0 atom stereocenters. The van der Waals surface area contributed by atoms with E-state index < -0.39 is 27.7 Å². The van der Waals surface area contributed by atoms with E-state index in [0.29, 0.717) is 41.6 Å². The molecule has 2 aromatic rings. The van der Waals surface area contributed by atoms with Gasteiger partial charge in [-0.1, -0.05) is 47.5 Å². The molecule has 0 fully saturated rings. The first kappa shape index (κ1) is 29.5. The minimum Gasteiger partial charge on any atom is -0.465 e. The van der Waals surface area contributed by atoms with Gasteiger partial charge in [-0.15, -0.1) is 0 Å². The first-order valence-electron chi connectivity index (χ1n) is 11.5. The van der Waals surface area contributed by atoms with Crippen molar-refractivity contribution in [2.24, 2.45) is 4.99 Å². The van der Waals surface area contributed by atoms with E-state index in [2.05, 4.69) is 20.9 Å². The summed E-state index contributed by atoms with van der Waals surface area (Å²) in [6, 6.07) is 9.92. The van der Waals surface area contributed by atoms with Crippen molar-refractivity contribution in [3.8, 4) is 0 Å². The molecular formula is C24H27Cl2N5O6S. The van der Waals surface area contributed by atoms with Gasteiger partial charge in [0, 0.05) is 17.1 Å². The SMILES string of the molecule is Cc1c(Cl)ccc(S(=O)(=O)CNCC(=O)NCC(=O)CNCc2ccc(C3=NCCN3C(=O)O)cc2)c1Cl. The number of hydrogen-bond donors (Lipinski definition) is 4. The molecule has 0 aliphatic carbocycles. The predicted octanol–water partition coefficient (Wildman–Crippen LogP) is 1.84. The Morgan fingerprint density at radius 1 is 1.03 bits per heavy atom. The fraction of sp³-hybridized carbons (Fsp3) is 0.333. The molecule has 0 saturated heterocycles. The summed E-state index contributed by atoms with van der Waals surface area (Å²) in [6.45, 7) is 2.25. The van der Waals surface area contributed by atoms with Crippen LogP contribution >= 0.6 is 23.2 Å². The predicted molar refractivity (Wildman–Crippen MR) is 144 cm³/mol. The van der Waals surface area contributed by atoms with Crippen LogP contribution in [-0.4, -0.2) is 80.6 Å². The van der Waals surface area contributed by atoms with Crippen LogP contribution in [0.3, 0.4) is 0 Å². The number of nitrogens with one attached hydrogen (secondary N) is 3. The number of carbonyl (C=O) groups is 3. The Labute approximate surface area is 230 Å². The van der Waals surface area contributed by atoms with Gasteiger partial charge in [-0.2, -0.15) is 0 Å². The Balaban J connectivity index is 1.35. The Kier molecular flexibility index (Phi) is 10.2. The van der Waals surface area contributed by atoms with Crippen LogP contribution in [0.2, 0.25) is 10.0 Å². The standard InChI is InChI=1S/C24H27Cl2N5O6S/c1-15-19(25)6-7-20(22(15)26)38(36,37)14-28-13-21(33)30-12-18(32)11-27-10-16-2-4-17(5-3-16)23-29-8-9-31(23)24(34)35/h2-7,27-28H,8-14H2,1H3,(H,30,33)(H,34,35). The van der Waals surface area contributed by atoms with Crippen LogP contribution in [0.4, 0.5) is 4.79 Å². The Hall–Kier alpha value is -3.03. The summed E-state index contributed by atoms with van der Waals surface area (Å²) in [7, 11) is -3.80. The maximum absolute atomic E-state index is 12.5. The second-order valence-electron chi connectivity index (χ2n) is 8.43. The first-order valence-corrected chi connectivity index (χ1v) is 13.9. The number of carboxylic acid groups (broad SMARTS) is 1. The van der Waals surface area contributed by atoms with Crippen molar-refractivity contribution < 1.29 is 27.9 Å². The van der Waals surface area contributed by atoms with E-state index in [1.165, 1.54) is 17.0 Å². The summed E-state index contributed by atoms with van der Waals surface area (Å²) in [6.07, 6.45) is -1.05. The quantitative estimate of drug-likeness (QED) is 0.294. The monoisotopic (exact) mass is 583 g/mol. The number of rotatable bonds is 12. The zero-order chi connectivity index (χ0) is 27.9. The Morgan fingerprint density at radius 3 is 2.42 bits per heavy atom. The third-order valence-corrected chi connectivity index (χ3v) is 8.22. The normalized spacial score (nSPS) is 13.3. The molecule has 14 heteroatoms. The van der Waals surface area contributed by atoms with Gasteiger partial charge in [0.1, 0.15) is 11.7 Å². The van der Waals surface area contributed by atoms with E-state index in [4.69, 9.17) is 23.2 Å². The zero-order valence-corrected chi connectivity index (χ0v) is 22.8. The minimum absolute atomic E-state index is 0.0117. The lowest BCUT2D eigenvalue weighted by atomic mass is 10.1. The van der Waals surface area contributed by atoms with E-state index in [9.17, 15) is 27.9 Å². The molecule has 2 aromatic carbocycles. The third-order valence-electron chi connectivity index (χ3n) is 5.62. The lowest BCUT2D eigenvalue weighted by molar-refractivity contribution is -0.124. The number of amidine groups is 1. The number of benzene rings is 2. The summed E-state index contributed by atoms with van der Waals surface area (Å²) in [5.41, 5.74) is 2.02. The number of amides is 2. The van der Waals surface area contributed by atoms with Crippen LogP contribution in [0, 0.1) is 6.92 Å². The first-order chi connectivity index (χ1) is 18.0. The van der Waals surface area contributed by atoms with Gasteiger partial charge < -0.3 is 15.7 Å². The lowest BCUT2D eigenvalue weighted by Gasteiger charge is -2.14. The average molecular weight is 584 g/mol. The molecule has 11 nitrogen and oxygen atoms in total. The molecule has 204 valence electrons. The number of carbonyl (C=O) groups excluding carboxylic acids is 2. The van der Waals surface area contributed by atoms with E-state index in [-0.39, 0.29) is 35.3 Å². The number of sulfone groups is 1. The lowest BCUT2D eigenvalue weighted by Crippen LogP contribution is -2.40. The Morgan fingerprint density at radius 2 is 1.74 bits per heavy atom.